The van der Waals surface area contributed by atoms with Crippen molar-refractivity contribution < 1.29 is 0 Å². The molecule has 2 aromatic heterocycles. The zero-order valence-electron chi connectivity index (χ0n) is 7.82. The van der Waals surface area contributed by atoms with Crippen LogP contribution in [0.4, 0.5) is 0 Å². The molecular formula is C8H6ClN3O3S. The van der Waals surface area contributed by atoms with Gasteiger partial charge in [-0.05, 0) is 0 Å². The van der Waals surface area contributed by atoms with Crippen molar-refractivity contribution in [1.29, 1.82) is 0 Å². The lowest BCUT2D eigenvalue weighted by atomic mass is 10.4. The van der Waals surface area contributed by atoms with Gasteiger partial charge < -0.3 is 4.98 Å². The molecule has 2 heterocycles. The Kier molecular flexibility index (Phi) is 2.80. The predicted molar refractivity (Wildman–Crippen MR) is 60.4 cm³/mol. The van der Waals surface area contributed by atoms with Gasteiger partial charge in [-0.15, -0.1) is 0 Å². The van der Waals surface area contributed by atoms with Crippen LogP contribution in [-0.2, 0) is 6.54 Å². The second kappa shape index (κ2) is 4.11. The molecule has 2 rings (SSSR count). The van der Waals surface area contributed by atoms with Gasteiger partial charge in [0.05, 0.1) is 6.54 Å². The van der Waals surface area contributed by atoms with Crippen molar-refractivity contribution in [2.45, 2.75) is 6.54 Å². The van der Waals surface area contributed by atoms with E-state index in [0.717, 1.165) is 22.0 Å². The summed E-state index contributed by atoms with van der Waals surface area (Å²) in [5.74, 6) is 0. The van der Waals surface area contributed by atoms with Crippen LogP contribution in [0.5, 0.6) is 0 Å². The first kappa shape index (κ1) is 10.9. The topological polar surface area (TPSA) is 87.7 Å². The maximum Gasteiger partial charge on any atom is 0.329 e. The van der Waals surface area contributed by atoms with Gasteiger partial charge >= 0.3 is 10.6 Å². The second-order valence-corrected chi connectivity index (χ2v) is 4.27. The van der Waals surface area contributed by atoms with E-state index in [1.807, 2.05) is 0 Å². The average Bonchev–Trinajstić information content (AvgIpc) is 2.58. The SMILES string of the molecule is O=c1[nH]c(Cn2c(=O)cc(Cl)[nH]c2=O)cs1. The molecule has 0 bridgehead atoms. The maximum atomic E-state index is 11.4. The number of nitrogens with one attached hydrogen (secondary N) is 2. The standard InChI is InChI=1S/C8H6ClN3O3S/c9-5-1-6(13)12(7(14)11-5)2-4-3-16-8(15)10-4/h1,3H,2H2,(H,10,15)(H,11,14). The third-order valence-electron chi connectivity index (χ3n) is 1.89. The summed E-state index contributed by atoms with van der Waals surface area (Å²) in [6.07, 6.45) is 0. The number of hydrogen-bond acceptors (Lipinski definition) is 4. The summed E-state index contributed by atoms with van der Waals surface area (Å²) in [5, 5.41) is 1.55. The molecule has 16 heavy (non-hydrogen) atoms. The highest BCUT2D eigenvalue weighted by Gasteiger charge is 2.05. The molecule has 0 spiro atoms. The van der Waals surface area contributed by atoms with Crippen molar-refractivity contribution in [2.24, 2.45) is 0 Å². The van der Waals surface area contributed by atoms with Gasteiger partial charge in [0, 0.05) is 17.1 Å². The summed E-state index contributed by atoms with van der Waals surface area (Å²) < 4.78 is 0.948. The summed E-state index contributed by atoms with van der Waals surface area (Å²) in [7, 11) is 0. The number of hydrogen-bond donors (Lipinski definition) is 2. The zero-order valence-corrected chi connectivity index (χ0v) is 9.39. The highest BCUT2D eigenvalue weighted by atomic mass is 35.5. The Balaban J connectivity index is 2.46. The molecule has 84 valence electrons. The van der Waals surface area contributed by atoms with Gasteiger partial charge in [0.1, 0.15) is 5.15 Å². The number of rotatable bonds is 2. The lowest BCUT2D eigenvalue weighted by molar-refractivity contribution is 0.687. The Bertz CT molecular complexity index is 649. The lowest BCUT2D eigenvalue weighted by Crippen LogP contribution is -2.34. The van der Waals surface area contributed by atoms with E-state index in [9.17, 15) is 14.4 Å². The quantitative estimate of drug-likeness (QED) is 0.744. The molecule has 0 fully saturated rings. The van der Waals surface area contributed by atoms with Gasteiger partial charge in [-0.1, -0.05) is 22.9 Å². The number of thiazole rings is 1. The summed E-state index contributed by atoms with van der Waals surface area (Å²) in [4.78, 5) is 38.3. The first-order chi connectivity index (χ1) is 7.56. The maximum absolute atomic E-state index is 11.4. The summed E-state index contributed by atoms with van der Waals surface area (Å²) >= 11 is 6.48. The number of aromatic amines is 2. The second-order valence-electron chi connectivity index (χ2n) is 3.02. The van der Waals surface area contributed by atoms with Gasteiger partial charge in [0.2, 0.25) is 0 Å². The zero-order chi connectivity index (χ0) is 11.7. The van der Waals surface area contributed by atoms with Gasteiger partial charge in [0.15, 0.2) is 0 Å². The average molecular weight is 260 g/mol. The van der Waals surface area contributed by atoms with Crippen molar-refractivity contribution in [3.05, 3.63) is 52.8 Å². The molecule has 2 N–H and O–H groups in total. The van der Waals surface area contributed by atoms with Gasteiger partial charge in [-0.25, -0.2) is 4.79 Å². The molecule has 0 aliphatic carbocycles. The molecule has 0 radical (unpaired) electrons. The molecule has 0 saturated carbocycles. The van der Waals surface area contributed by atoms with Crippen molar-refractivity contribution in [2.75, 3.05) is 0 Å². The molecule has 0 aromatic carbocycles. The highest BCUT2D eigenvalue weighted by molar-refractivity contribution is 7.07. The Morgan fingerprint density at radius 2 is 2.06 bits per heavy atom. The molecule has 0 aliphatic heterocycles. The fourth-order valence-electron chi connectivity index (χ4n) is 1.20. The third-order valence-corrected chi connectivity index (χ3v) is 2.81. The van der Waals surface area contributed by atoms with Gasteiger partial charge in [-0.2, -0.15) is 0 Å². The number of nitrogens with zero attached hydrogens (tertiary/aromatic N) is 1. The van der Waals surface area contributed by atoms with Crippen LogP contribution in [0.3, 0.4) is 0 Å². The van der Waals surface area contributed by atoms with Crippen molar-refractivity contribution in [3.63, 3.8) is 0 Å². The Morgan fingerprint density at radius 3 is 2.62 bits per heavy atom. The van der Waals surface area contributed by atoms with Crippen molar-refractivity contribution in [1.82, 2.24) is 14.5 Å². The molecule has 0 amide bonds. The van der Waals surface area contributed by atoms with E-state index in [1.54, 1.807) is 5.38 Å². The van der Waals surface area contributed by atoms with E-state index in [2.05, 4.69) is 9.97 Å². The fraction of sp³-hybridized carbons (Fsp3) is 0.125. The van der Waals surface area contributed by atoms with E-state index in [4.69, 9.17) is 11.6 Å². The fourth-order valence-corrected chi connectivity index (χ4v) is 1.95. The minimum Gasteiger partial charge on any atom is -0.315 e. The smallest absolute Gasteiger partial charge is 0.315 e. The van der Waals surface area contributed by atoms with Crippen LogP contribution in [0.15, 0.2) is 25.8 Å². The molecule has 0 saturated heterocycles. The van der Waals surface area contributed by atoms with E-state index >= 15 is 0 Å². The minimum atomic E-state index is -0.607. The van der Waals surface area contributed by atoms with Gasteiger partial charge in [0.25, 0.3) is 5.56 Å². The van der Waals surface area contributed by atoms with Crippen LogP contribution in [0.25, 0.3) is 0 Å². The largest absolute Gasteiger partial charge is 0.329 e. The van der Waals surface area contributed by atoms with Crippen LogP contribution in [0.2, 0.25) is 5.15 Å². The Hall–Kier alpha value is -1.60. The molecule has 6 nitrogen and oxygen atoms in total. The van der Waals surface area contributed by atoms with Crippen molar-refractivity contribution >= 4 is 22.9 Å². The van der Waals surface area contributed by atoms with E-state index in [0.29, 0.717) is 5.69 Å². The normalized spacial score (nSPS) is 10.6. The van der Waals surface area contributed by atoms with Crippen LogP contribution in [-0.4, -0.2) is 14.5 Å². The first-order valence-corrected chi connectivity index (χ1v) is 5.48. The van der Waals surface area contributed by atoms with Gasteiger partial charge in [-0.3, -0.25) is 19.1 Å². The molecule has 2 aromatic rings. The van der Waals surface area contributed by atoms with Crippen LogP contribution in [0, 0.1) is 0 Å². The Morgan fingerprint density at radius 1 is 1.31 bits per heavy atom. The minimum absolute atomic E-state index is 0.00920. The van der Waals surface area contributed by atoms with Crippen LogP contribution < -0.4 is 16.1 Å². The molecule has 0 unspecified atom stereocenters. The van der Waals surface area contributed by atoms with E-state index in [-0.39, 0.29) is 16.6 Å². The predicted octanol–water partition coefficient (Wildman–Crippen LogP) is -0.0119. The molecule has 0 aliphatic rings. The van der Waals surface area contributed by atoms with E-state index in [1.165, 1.54) is 0 Å². The monoisotopic (exact) mass is 259 g/mol. The summed E-state index contributed by atoms with van der Waals surface area (Å²) in [5.41, 5.74) is -0.615. The van der Waals surface area contributed by atoms with E-state index < -0.39 is 11.2 Å². The Labute approximate surface area is 97.2 Å². The number of halogens is 1. The molecular weight excluding hydrogens is 254 g/mol. The third kappa shape index (κ3) is 2.15. The van der Waals surface area contributed by atoms with Crippen LogP contribution in [0.1, 0.15) is 5.69 Å². The number of H-pyrrole nitrogens is 2. The summed E-state index contributed by atoms with van der Waals surface area (Å²) in [6, 6.07) is 1.10. The first-order valence-electron chi connectivity index (χ1n) is 4.22. The summed E-state index contributed by atoms with van der Waals surface area (Å²) in [6.45, 7) is 0.0179. The molecule has 8 heteroatoms. The molecule has 0 atom stereocenters. The van der Waals surface area contributed by atoms with Crippen LogP contribution >= 0.6 is 22.9 Å². The highest BCUT2D eigenvalue weighted by Crippen LogP contribution is 1.98. The lowest BCUT2D eigenvalue weighted by Gasteiger charge is -2.01. The number of aromatic nitrogens is 3. The van der Waals surface area contributed by atoms with Crippen molar-refractivity contribution in [3.8, 4) is 0 Å².